The molecule has 0 spiro atoms. The van der Waals surface area contributed by atoms with Crippen LogP contribution in [0.25, 0.3) is 0 Å². The molecule has 2 N–H and O–H groups in total. The second kappa shape index (κ2) is 46.0. The number of nitrogens with one attached hydrogen (secondary N) is 1. The van der Waals surface area contributed by atoms with Crippen LogP contribution in [0.4, 0.5) is 0 Å². The molecule has 6 heteroatoms. The summed E-state index contributed by atoms with van der Waals surface area (Å²) in [6, 6.07) is 0. The minimum Gasteiger partial charge on any atom is -0.462 e. The lowest BCUT2D eigenvalue weighted by Crippen LogP contribution is -2.18. The molecule has 1 atom stereocenters. The Kier molecular flexibility index (Phi) is 46.9. The first-order chi connectivity index (χ1) is 25.6. The van der Waals surface area contributed by atoms with E-state index in [1.807, 2.05) is 0 Å². The Morgan fingerprint density at radius 3 is 1.02 bits per heavy atom. The number of carbonyl (C=O) groups excluding carboxylic acids is 2. The van der Waals surface area contributed by atoms with Gasteiger partial charge in [0.15, 0.2) is 0 Å². The number of hydrogen-bond donors (Lipinski definition) is 2. The summed E-state index contributed by atoms with van der Waals surface area (Å²) in [7, 11) is 1.00. The summed E-state index contributed by atoms with van der Waals surface area (Å²) >= 11 is 0. The highest BCUT2D eigenvalue weighted by molar-refractivity contribution is 5.69. The van der Waals surface area contributed by atoms with Crippen LogP contribution in [0.1, 0.15) is 252 Å². The van der Waals surface area contributed by atoms with E-state index >= 15 is 0 Å². The van der Waals surface area contributed by atoms with E-state index in [0.29, 0.717) is 12.8 Å². The van der Waals surface area contributed by atoms with Gasteiger partial charge in [0.05, 0.1) is 0 Å². The summed E-state index contributed by atoms with van der Waals surface area (Å²) in [5.41, 5.74) is 0. The molecule has 0 aliphatic rings. The molecule has 312 valence electrons. The van der Waals surface area contributed by atoms with Crippen LogP contribution >= 0.6 is 0 Å². The number of aliphatic hydroxyl groups excluding tert-OH is 1. The molecule has 0 aromatic carbocycles. The van der Waals surface area contributed by atoms with Crippen LogP contribution < -0.4 is 5.32 Å². The normalized spacial score (nSPS) is 11.8. The Labute approximate surface area is 325 Å². The second-order valence-corrected chi connectivity index (χ2v) is 15.5. The third-order valence-electron chi connectivity index (χ3n) is 10.3. The quantitative estimate of drug-likeness (QED) is 0.0480. The van der Waals surface area contributed by atoms with Gasteiger partial charge in [-0.3, -0.25) is 9.59 Å². The molecule has 0 radical (unpaired) electrons. The zero-order chi connectivity index (χ0) is 38.6. The van der Waals surface area contributed by atoms with Crippen LogP contribution in [-0.2, 0) is 19.1 Å². The fourth-order valence-corrected chi connectivity index (χ4v) is 7.02. The molecule has 52 heavy (non-hydrogen) atoms. The molecule has 0 saturated carbocycles. The molecule has 0 aromatic heterocycles. The number of esters is 2. The highest BCUT2D eigenvalue weighted by Gasteiger charge is 2.15. The molecular weight excluding hydrogens is 647 g/mol. The maximum atomic E-state index is 12.6. The summed E-state index contributed by atoms with van der Waals surface area (Å²) in [5, 5.41) is 10.6. The van der Waals surface area contributed by atoms with Crippen LogP contribution in [0, 0.1) is 0 Å². The molecule has 0 aliphatic heterocycles. The number of hydrogen-bond acceptors (Lipinski definition) is 6. The Balaban J connectivity index is 0. The van der Waals surface area contributed by atoms with Crippen molar-refractivity contribution in [3.05, 3.63) is 0 Å². The van der Waals surface area contributed by atoms with Gasteiger partial charge in [-0.1, -0.05) is 169 Å². The Morgan fingerprint density at radius 1 is 0.385 bits per heavy atom. The highest BCUT2D eigenvalue weighted by atomic mass is 16.5. The molecule has 0 amide bonds. The second-order valence-electron chi connectivity index (χ2n) is 15.5. The molecule has 0 heterocycles. The number of ether oxygens (including phenoxy) is 2. The zero-order valence-corrected chi connectivity index (χ0v) is 35.9. The first-order valence-corrected chi connectivity index (χ1v) is 23.1. The van der Waals surface area contributed by atoms with Crippen LogP contribution in [0.15, 0.2) is 0 Å². The highest BCUT2D eigenvalue weighted by Crippen LogP contribution is 2.19. The van der Waals surface area contributed by atoms with Gasteiger partial charge in [0.25, 0.3) is 0 Å². The van der Waals surface area contributed by atoms with E-state index in [2.05, 4.69) is 33.0 Å². The van der Waals surface area contributed by atoms with Crippen molar-refractivity contribution in [2.75, 3.05) is 20.2 Å². The number of carbonyl (C=O) groups is 2. The summed E-state index contributed by atoms with van der Waals surface area (Å²) in [6.07, 6.45) is 41.4. The van der Waals surface area contributed by atoms with E-state index in [-0.39, 0.29) is 24.1 Å². The SMILES string of the molecule is CCCCCCCCC(CCC)OC(=O)CCCCCCCNCCCCCCCC(=O)OC(CCCCCCCC)CCCCCCCC.CO. The van der Waals surface area contributed by atoms with Crippen LogP contribution in [-0.4, -0.2) is 49.5 Å². The van der Waals surface area contributed by atoms with E-state index in [9.17, 15) is 9.59 Å². The number of rotatable bonds is 41. The van der Waals surface area contributed by atoms with Crippen molar-refractivity contribution in [2.45, 2.75) is 265 Å². The monoisotopic (exact) mass is 740 g/mol. The van der Waals surface area contributed by atoms with Gasteiger partial charge in [-0.2, -0.15) is 0 Å². The third-order valence-corrected chi connectivity index (χ3v) is 10.3. The van der Waals surface area contributed by atoms with E-state index in [1.54, 1.807) is 0 Å². The van der Waals surface area contributed by atoms with Crippen LogP contribution in [0.3, 0.4) is 0 Å². The van der Waals surface area contributed by atoms with Crippen molar-refractivity contribution in [1.29, 1.82) is 0 Å². The predicted octanol–water partition coefficient (Wildman–Crippen LogP) is 13.7. The van der Waals surface area contributed by atoms with Crippen molar-refractivity contribution in [3.8, 4) is 0 Å². The lowest BCUT2D eigenvalue weighted by Gasteiger charge is -2.18. The topological polar surface area (TPSA) is 84.9 Å². The molecule has 1 unspecified atom stereocenters. The largest absolute Gasteiger partial charge is 0.462 e. The van der Waals surface area contributed by atoms with E-state index in [4.69, 9.17) is 14.6 Å². The smallest absolute Gasteiger partial charge is 0.306 e. The van der Waals surface area contributed by atoms with Crippen LogP contribution in [0.5, 0.6) is 0 Å². The van der Waals surface area contributed by atoms with Crippen molar-refractivity contribution in [2.24, 2.45) is 0 Å². The molecule has 0 aromatic rings. The average molecular weight is 740 g/mol. The van der Waals surface area contributed by atoms with Crippen molar-refractivity contribution in [1.82, 2.24) is 5.32 Å². The van der Waals surface area contributed by atoms with Crippen molar-refractivity contribution < 1.29 is 24.2 Å². The van der Waals surface area contributed by atoms with Crippen LogP contribution in [0.2, 0.25) is 0 Å². The molecule has 0 saturated heterocycles. The Bertz CT molecular complexity index is 686. The van der Waals surface area contributed by atoms with E-state index < -0.39 is 0 Å². The van der Waals surface area contributed by atoms with Gasteiger partial charge in [0.1, 0.15) is 12.2 Å². The number of aliphatic hydroxyl groups is 1. The lowest BCUT2D eigenvalue weighted by molar-refractivity contribution is -0.151. The zero-order valence-electron chi connectivity index (χ0n) is 35.9. The first-order valence-electron chi connectivity index (χ1n) is 23.1. The molecule has 0 aliphatic carbocycles. The third kappa shape index (κ3) is 41.6. The fourth-order valence-electron chi connectivity index (χ4n) is 7.02. The molecule has 6 nitrogen and oxygen atoms in total. The standard InChI is InChI=1S/C45H89NO4.CH4O/c1-5-9-12-15-20-27-35-42(34-8-4)49-44(47)38-30-23-18-25-32-40-46-41-33-26-19-24-31-39-45(48)50-43(36-28-21-16-13-10-6-2)37-29-22-17-14-11-7-3;1-2/h42-43,46H,5-41H2,1-4H3;2H,1H3. The molecule has 0 bridgehead atoms. The van der Waals surface area contributed by atoms with Gasteiger partial charge in [-0.05, 0) is 83.7 Å². The minimum absolute atomic E-state index is 0.0160. The van der Waals surface area contributed by atoms with Crippen molar-refractivity contribution >= 4 is 11.9 Å². The fraction of sp³-hybridized carbons (Fsp3) is 0.957. The maximum Gasteiger partial charge on any atom is 0.306 e. The summed E-state index contributed by atoms with van der Waals surface area (Å²) in [5.74, 6) is 0.0512. The Morgan fingerprint density at radius 2 is 0.673 bits per heavy atom. The van der Waals surface area contributed by atoms with Gasteiger partial charge in [0, 0.05) is 20.0 Å². The maximum absolute atomic E-state index is 12.6. The lowest BCUT2D eigenvalue weighted by atomic mass is 10.0. The summed E-state index contributed by atoms with van der Waals surface area (Å²) in [6.45, 7) is 11.1. The van der Waals surface area contributed by atoms with Gasteiger partial charge in [-0.15, -0.1) is 0 Å². The number of unbranched alkanes of at least 4 members (excludes halogenated alkanes) is 23. The average Bonchev–Trinajstić information content (AvgIpc) is 3.14. The van der Waals surface area contributed by atoms with Gasteiger partial charge >= 0.3 is 11.9 Å². The molecule has 0 rings (SSSR count). The molecule has 0 fully saturated rings. The van der Waals surface area contributed by atoms with E-state index in [0.717, 1.165) is 78.0 Å². The summed E-state index contributed by atoms with van der Waals surface area (Å²) in [4.78, 5) is 25.0. The van der Waals surface area contributed by atoms with Crippen molar-refractivity contribution in [3.63, 3.8) is 0 Å². The molecular formula is C46H93NO5. The first kappa shape index (κ1) is 53.0. The van der Waals surface area contributed by atoms with Gasteiger partial charge < -0.3 is 19.9 Å². The minimum atomic E-state index is 0.0160. The predicted molar refractivity (Wildman–Crippen MR) is 225 cm³/mol. The summed E-state index contributed by atoms with van der Waals surface area (Å²) < 4.78 is 11.8. The Hall–Kier alpha value is -1.14. The van der Waals surface area contributed by atoms with Gasteiger partial charge in [0.2, 0.25) is 0 Å². The van der Waals surface area contributed by atoms with E-state index in [1.165, 1.54) is 154 Å². The van der Waals surface area contributed by atoms with Gasteiger partial charge in [-0.25, -0.2) is 0 Å².